The fourth-order valence-electron chi connectivity index (χ4n) is 3.29. The van der Waals surface area contributed by atoms with Crippen LogP contribution in [0.25, 0.3) is 11.5 Å². The van der Waals surface area contributed by atoms with Gasteiger partial charge in [-0.25, -0.2) is 4.39 Å². The summed E-state index contributed by atoms with van der Waals surface area (Å²) < 4.78 is 19.0. The maximum absolute atomic E-state index is 13.8. The Balaban J connectivity index is 1.27. The molecule has 1 aliphatic rings. The van der Waals surface area contributed by atoms with E-state index >= 15 is 0 Å². The first kappa shape index (κ1) is 19.7. The fourth-order valence-corrected chi connectivity index (χ4v) is 3.29. The molecule has 0 radical (unpaired) electrons. The highest BCUT2D eigenvalue weighted by Crippen LogP contribution is 2.15. The zero-order chi connectivity index (χ0) is 20.9. The fraction of sp³-hybridized carbons (Fsp3) is 0.286. The summed E-state index contributed by atoms with van der Waals surface area (Å²) in [5, 5.41) is 3.89. The highest BCUT2D eigenvalue weighted by molar-refractivity contribution is 5.94. The zero-order valence-corrected chi connectivity index (χ0v) is 16.2. The van der Waals surface area contributed by atoms with E-state index in [4.69, 9.17) is 4.52 Å². The van der Waals surface area contributed by atoms with Crippen LogP contribution in [0.3, 0.4) is 0 Å². The maximum atomic E-state index is 13.8. The van der Waals surface area contributed by atoms with Gasteiger partial charge in [-0.3, -0.25) is 14.6 Å². The first-order valence-electron chi connectivity index (χ1n) is 9.67. The Morgan fingerprint density at radius 1 is 1.00 bits per heavy atom. The molecule has 0 bridgehead atoms. The van der Waals surface area contributed by atoms with E-state index in [0.29, 0.717) is 50.0 Å². The number of amides is 2. The summed E-state index contributed by atoms with van der Waals surface area (Å²) in [5.41, 5.74) is 0.659. The van der Waals surface area contributed by atoms with Crippen LogP contribution in [-0.2, 0) is 11.2 Å². The average Bonchev–Trinajstić information content (AvgIpc) is 3.27. The molecule has 0 aliphatic carbocycles. The Kier molecular flexibility index (Phi) is 5.78. The lowest BCUT2D eigenvalue weighted by Crippen LogP contribution is -2.50. The molecule has 0 N–H and O–H groups in total. The van der Waals surface area contributed by atoms with Crippen molar-refractivity contribution in [1.29, 1.82) is 0 Å². The summed E-state index contributed by atoms with van der Waals surface area (Å²) in [5.74, 6) is -0.181. The van der Waals surface area contributed by atoms with Crippen LogP contribution in [0.15, 0.2) is 53.2 Å². The molecule has 3 aromatic rings. The molecule has 0 unspecified atom stereocenters. The Labute approximate surface area is 172 Å². The van der Waals surface area contributed by atoms with E-state index in [2.05, 4.69) is 15.1 Å². The van der Waals surface area contributed by atoms with Crippen molar-refractivity contribution in [2.45, 2.75) is 12.8 Å². The third-order valence-electron chi connectivity index (χ3n) is 4.94. The predicted octanol–water partition coefficient (Wildman–Crippen LogP) is 2.19. The Hall–Kier alpha value is -3.62. The van der Waals surface area contributed by atoms with Gasteiger partial charge in [0, 0.05) is 45.2 Å². The maximum Gasteiger partial charge on any atom is 0.256 e. The number of benzene rings is 1. The van der Waals surface area contributed by atoms with E-state index in [1.54, 1.807) is 40.3 Å². The van der Waals surface area contributed by atoms with Crippen LogP contribution in [0.1, 0.15) is 22.7 Å². The highest BCUT2D eigenvalue weighted by Gasteiger charge is 2.26. The molecule has 30 heavy (non-hydrogen) atoms. The molecule has 1 saturated heterocycles. The normalized spacial score (nSPS) is 14.0. The minimum atomic E-state index is -0.536. The summed E-state index contributed by atoms with van der Waals surface area (Å²) in [4.78, 5) is 36.7. The number of carbonyl (C=O) groups excluding carboxylic acids is 2. The predicted molar refractivity (Wildman–Crippen MR) is 105 cm³/mol. The molecule has 154 valence electrons. The van der Waals surface area contributed by atoms with Crippen LogP contribution >= 0.6 is 0 Å². The Morgan fingerprint density at radius 2 is 1.73 bits per heavy atom. The van der Waals surface area contributed by atoms with Crippen LogP contribution in [0.5, 0.6) is 0 Å². The van der Waals surface area contributed by atoms with Crippen molar-refractivity contribution in [3.05, 3.63) is 65.9 Å². The average molecular weight is 409 g/mol. The van der Waals surface area contributed by atoms with E-state index in [1.807, 2.05) is 6.07 Å². The molecule has 2 amide bonds. The summed E-state index contributed by atoms with van der Waals surface area (Å²) >= 11 is 0. The molecule has 2 aromatic heterocycles. The molecule has 0 spiro atoms. The lowest BCUT2D eigenvalue weighted by molar-refractivity contribution is -0.132. The third-order valence-corrected chi connectivity index (χ3v) is 4.94. The standard InChI is InChI=1S/C21H20FN5O3/c22-16-6-2-1-5-15(16)21(29)27-13-11-26(12-14-27)19(28)9-8-18-24-20(25-30-18)17-7-3-4-10-23-17/h1-7,10H,8-9,11-14H2. The van der Waals surface area contributed by atoms with Crippen molar-refractivity contribution in [3.8, 4) is 11.5 Å². The SMILES string of the molecule is O=C(CCc1nc(-c2ccccn2)no1)N1CCN(C(=O)c2ccccc2F)CC1. The molecule has 8 nitrogen and oxygen atoms in total. The van der Waals surface area contributed by atoms with E-state index in [9.17, 15) is 14.0 Å². The van der Waals surface area contributed by atoms with Gasteiger partial charge in [0.15, 0.2) is 0 Å². The monoisotopic (exact) mass is 409 g/mol. The molecule has 9 heteroatoms. The number of pyridine rings is 1. The lowest BCUT2D eigenvalue weighted by atomic mass is 10.1. The molecule has 1 fully saturated rings. The van der Waals surface area contributed by atoms with Crippen LogP contribution < -0.4 is 0 Å². The second-order valence-corrected chi connectivity index (χ2v) is 6.88. The van der Waals surface area contributed by atoms with Crippen molar-refractivity contribution < 1.29 is 18.5 Å². The van der Waals surface area contributed by atoms with Crippen LogP contribution in [0, 0.1) is 5.82 Å². The second-order valence-electron chi connectivity index (χ2n) is 6.88. The molecule has 1 aromatic carbocycles. The highest BCUT2D eigenvalue weighted by atomic mass is 19.1. The number of carbonyl (C=O) groups is 2. The van der Waals surface area contributed by atoms with Crippen molar-refractivity contribution >= 4 is 11.8 Å². The number of hydrogen-bond donors (Lipinski definition) is 0. The molecular formula is C21H20FN5O3. The van der Waals surface area contributed by atoms with Gasteiger partial charge >= 0.3 is 0 Å². The van der Waals surface area contributed by atoms with E-state index in [-0.39, 0.29) is 23.8 Å². The smallest absolute Gasteiger partial charge is 0.256 e. The lowest BCUT2D eigenvalue weighted by Gasteiger charge is -2.34. The largest absolute Gasteiger partial charge is 0.339 e. The van der Waals surface area contributed by atoms with Gasteiger partial charge in [0.05, 0.1) is 5.56 Å². The molecular weight excluding hydrogens is 389 g/mol. The number of hydrogen-bond acceptors (Lipinski definition) is 6. The van der Waals surface area contributed by atoms with Crippen molar-refractivity contribution in [2.75, 3.05) is 26.2 Å². The minimum absolute atomic E-state index is 0.0504. The van der Waals surface area contributed by atoms with Crippen LogP contribution in [0.4, 0.5) is 4.39 Å². The van der Waals surface area contributed by atoms with E-state index < -0.39 is 5.82 Å². The van der Waals surface area contributed by atoms with Gasteiger partial charge in [-0.05, 0) is 24.3 Å². The topological polar surface area (TPSA) is 92.4 Å². The number of aryl methyl sites for hydroxylation is 1. The number of piperazine rings is 1. The van der Waals surface area contributed by atoms with Crippen LogP contribution in [0.2, 0.25) is 0 Å². The van der Waals surface area contributed by atoms with Crippen molar-refractivity contribution in [1.82, 2.24) is 24.9 Å². The first-order chi connectivity index (χ1) is 14.6. The van der Waals surface area contributed by atoms with Gasteiger partial charge in [0.2, 0.25) is 17.6 Å². The quantitative estimate of drug-likeness (QED) is 0.641. The van der Waals surface area contributed by atoms with Crippen molar-refractivity contribution in [3.63, 3.8) is 0 Å². The second kappa shape index (κ2) is 8.81. The van der Waals surface area contributed by atoms with E-state index in [1.165, 1.54) is 12.1 Å². The molecule has 3 heterocycles. The van der Waals surface area contributed by atoms with Crippen LogP contribution in [-0.4, -0.2) is 62.9 Å². The number of nitrogens with zero attached hydrogens (tertiary/aromatic N) is 5. The van der Waals surface area contributed by atoms with Gasteiger partial charge in [-0.2, -0.15) is 4.98 Å². The number of rotatable bonds is 5. The minimum Gasteiger partial charge on any atom is -0.339 e. The zero-order valence-electron chi connectivity index (χ0n) is 16.2. The van der Waals surface area contributed by atoms with Crippen molar-refractivity contribution in [2.24, 2.45) is 0 Å². The van der Waals surface area contributed by atoms with Gasteiger partial charge in [-0.15, -0.1) is 0 Å². The number of halogens is 1. The van der Waals surface area contributed by atoms with E-state index in [0.717, 1.165) is 0 Å². The molecule has 0 atom stereocenters. The molecule has 0 saturated carbocycles. The third kappa shape index (κ3) is 4.35. The van der Waals surface area contributed by atoms with Gasteiger partial charge in [0.1, 0.15) is 11.5 Å². The summed E-state index contributed by atoms with van der Waals surface area (Å²) in [7, 11) is 0. The molecule has 4 rings (SSSR count). The first-order valence-corrected chi connectivity index (χ1v) is 9.67. The molecule has 1 aliphatic heterocycles. The van der Waals surface area contributed by atoms with Gasteiger partial charge < -0.3 is 14.3 Å². The summed E-state index contributed by atoms with van der Waals surface area (Å²) in [6.07, 6.45) is 2.20. The Morgan fingerprint density at radius 3 is 2.47 bits per heavy atom. The van der Waals surface area contributed by atoms with Gasteiger partial charge in [-0.1, -0.05) is 23.4 Å². The number of aromatic nitrogens is 3. The summed E-state index contributed by atoms with van der Waals surface area (Å²) in [6.45, 7) is 1.54. The van der Waals surface area contributed by atoms with Gasteiger partial charge in [0.25, 0.3) is 5.91 Å². The Bertz CT molecular complexity index is 1030. The summed E-state index contributed by atoms with van der Waals surface area (Å²) in [6, 6.07) is 11.3.